The summed E-state index contributed by atoms with van der Waals surface area (Å²) in [5.74, 6) is 0.803. The number of carbonyl (C=O) groups is 1. The summed E-state index contributed by atoms with van der Waals surface area (Å²) in [6.07, 6.45) is 5.49. The fourth-order valence-corrected chi connectivity index (χ4v) is 3.51. The summed E-state index contributed by atoms with van der Waals surface area (Å²) in [5.41, 5.74) is 3.66. The molecule has 0 spiro atoms. The topological polar surface area (TPSA) is 40.5 Å². The molecule has 2 aliphatic rings. The van der Waals surface area contributed by atoms with E-state index in [9.17, 15) is 4.79 Å². The molecule has 1 unspecified atom stereocenters. The maximum atomic E-state index is 12.4. The molecule has 1 saturated heterocycles. The second kappa shape index (κ2) is 6.06. The number of aliphatic hydroxyl groups is 1. The average molecular weight is 273 g/mol. The molecule has 0 saturated carbocycles. The minimum atomic E-state index is 0.240. The lowest BCUT2D eigenvalue weighted by atomic mass is 10.0. The molecule has 0 amide bonds. The lowest BCUT2D eigenvalue weighted by molar-refractivity contribution is 0.0942. The number of aliphatic hydroxyl groups excluding tert-OH is 1. The van der Waals surface area contributed by atoms with Gasteiger partial charge in [0.1, 0.15) is 0 Å². The minimum absolute atomic E-state index is 0.240. The number of likely N-dealkylation sites (tertiary alicyclic amines) is 1. The fourth-order valence-electron chi connectivity index (χ4n) is 3.51. The zero-order valence-corrected chi connectivity index (χ0v) is 12.0. The van der Waals surface area contributed by atoms with Gasteiger partial charge in [0.05, 0.1) is 6.54 Å². The summed E-state index contributed by atoms with van der Waals surface area (Å²) in [7, 11) is 0. The first kappa shape index (κ1) is 13.8. The largest absolute Gasteiger partial charge is 0.396 e. The van der Waals surface area contributed by atoms with Crippen LogP contribution in [0.3, 0.4) is 0 Å². The van der Waals surface area contributed by atoms with Crippen molar-refractivity contribution in [3.63, 3.8) is 0 Å². The number of hydrogen-bond acceptors (Lipinski definition) is 3. The third-order valence-corrected chi connectivity index (χ3v) is 4.70. The van der Waals surface area contributed by atoms with Gasteiger partial charge in [0.15, 0.2) is 5.78 Å². The molecule has 1 aromatic carbocycles. The van der Waals surface area contributed by atoms with Crippen LogP contribution in [0.1, 0.15) is 40.7 Å². The van der Waals surface area contributed by atoms with Crippen LogP contribution >= 0.6 is 0 Å². The van der Waals surface area contributed by atoms with Gasteiger partial charge in [-0.15, -0.1) is 0 Å². The number of benzene rings is 1. The molecule has 20 heavy (non-hydrogen) atoms. The molecule has 1 aliphatic carbocycles. The van der Waals surface area contributed by atoms with E-state index in [1.807, 2.05) is 6.07 Å². The Hall–Kier alpha value is -1.19. The summed E-state index contributed by atoms with van der Waals surface area (Å²) in [6, 6.07) is 6.23. The van der Waals surface area contributed by atoms with Gasteiger partial charge in [-0.05, 0) is 61.8 Å². The molecular formula is C17H23NO2. The van der Waals surface area contributed by atoms with Crippen LogP contribution in [0, 0.1) is 5.92 Å². The summed E-state index contributed by atoms with van der Waals surface area (Å²) in [5, 5.41) is 8.98. The number of hydrogen-bond donors (Lipinski definition) is 1. The highest BCUT2D eigenvalue weighted by molar-refractivity contribution is 5.97. The number of rotatable bonds is 5. The van der Waals surface area contributed by atoms with Gasteiger partial charge in [-0.3, -0.25) is 9.69 Å². The van der Waals surface area contributed by atoms with Crippen LogP contribution in [0.4, 0.5) is 0 Å². The van der Waals surface area contributed by atoms with Gasteiger partial charge in [-0.2, -0.15) is 0 Å². The molecule has 1 N–H and O–H groups in total. The van der Waals surface area contributed by atoms with Gasteiger partial charge < -0.3 is 5.11 Å². The molecule has 3 nitrogen and oxygen atoms in total. The van der Waals surface area contributed by atoms with Crippen LogP contribution in [0.15, 0.2) is 18.2 Å². The summed E-state index contributed by atoms with van der Waals surface area (Å²) in [6.45, 7) is 2.73. The van der Waals surface area contributed by atoms with Gasteiger partial charge >= 0.3 is 0 Å². The Morgan fingerprint density at radius 1 is 1.30 bits per heavy atom. The number of nitrogens with zero attached hydrogens (tertiary/aromatic N) is 1. The molecule has 1 aliphatic heterocycles. The van der Waals surface area contributed by atoms with E-state index < -0.39 is 0 Å². The number of aryl methyl sites for hydroxylation is 2. The van der Waals surface area contributed by atoms with E-state index in [4.69, 9.17) is 5.11 Å². The maximum absolute atomic E-state index is 12.4. The second-order valence-electron chi connectivity index (χ2n) is 6.16. The minimum Gasteiger partial charge on any atom is -0.396 e. The molecule has 1 heterocycles. The van der Waals surface area contributed by atoms with Gasteiger partial charge in [-0.1, -0.05) is 12.1 Å². The molecule has 108 valence electrons. The van der Waals surface area contributed by atoms with E-state index >= 15 is 0 Å². The second-order valence-corrected chi connectivity index (χ2v) is 6.16. The Morgan fingerprint density at radius 3 is 3.00 bits per heavy atom. The van der Waals surface area contributed by atoms with Crippen LogP contribution in [0.5, 0.6) is 0 Å². The van der Waals surface area contributed by atoms with Crippen molar-refractivity contribution >= 4 is 5.78 Å². The molecule has 0 aromatic heterocycles. The molecule has 1 fully saturated rings. The summed E-state index contributed by atoms with van der Waals surface area (Å²) < 4.78 is 0. The van der Waals surface area contributed by atoms with Crippen LogP contribution < -0.4 is 0 Å². The lowest BCUT2D eigenvalue weighted by Gasteiger charge is -2.15. The molecule has 0 bridgehead atoms. The maximum Gasteiger partial charge on any atom is 0.176 e. The number of fused-ring (bicyclic) bond motifs is 1. The first-order chi connectivity index (χ1) is 9.76. The van der Waals surface area contributed by atoms with Crippen LogP contribution in [0.25, 0.3) is 0 Å². The van der Waals surface area contributed by atoms with Gasteiger partial charge in [0.25, 0.3) is 0 Å². The molecule has 3 rings (SSSR count). The fraction of sp³-hybridized carbons (Fsp3) is 0.588. The van der Waals surface area contributed by atoms with Crippen molar-refractivity contribution in [2.75, 3.05) is 26.2 Å². The Bertz CT molecular complexity index is 498. The van der Waals surface area contributed by atoms with E-state index in [-0.39, 0.29) is 12.4 Å². The number of carbonyl (C=O) groups excluding carboxylic acids is 1. The van der Waals surface area contributed by atoms with Gasteiger partial charge in [0, 0.05) is 18.7 Å². The Kier molecular flexibility index (Phi) is 4.18. The zero-order valence-electron chi connectivity index (χ0n) is 12.0. The van der Waals surface area contributed by atoms with E-state index in [2.05, 4.69) is 17.0 Å². The van der Waals surface area contributed by atoms with Crippen LogP contribution in [-0.4, -0.2) is 42.0 Å². The van der Waals surface area contributed by atoms with Gasteiger partial charge in [0.2, 0.25) is 0 Å². The SMILES string of the molecule is O=C(CN1CCC(CCO)C1)c1ccc2c(c1)CCC2. The predicted octanol–water partition coefficient (Wildman–Crippen LogP) is 2.06. The van der Waals surface area contributed by atoms with Crippen LogP contribution in [0.2, 0.25) is 0 Å². The third kappa shape index (κ3) is 2.94. The van der Waals surface area contributed by atoms with E-state index in [0.29, 0.717) is 12.5 Å². The molecule has 0 radical (unpaired) electrons. The highest BCUT2D eigenvalue weighted by Gasteiger charge is 2.24. The van der Waals surface area contributed by atoms with Crippen molar-refractivity contribution in [3.05, 3.63) is 34.9 Å². The molecule has 1 atom stereocenters. The van der Waals surface area contributed by atoms with Gasteiger partial charge in [-0.25, -0.2) is 0 Å². The van der Waals surface area contributed by atoms with Crippen LogP contribution in [-0.2, 0) is 12.8 Å². The quantitative estimate of drug-likeness (QED) is 0.835. The molecule has 3 heteroatoms. The van der Waals surface area contributed by atoms with Crippen molar-refractivity contribution in [1.82, 2.24) is 4.90 Å². The molecular weight excluding hydrogens is 250 g/mol. The number of Topliss-reactive ketones (excluding diaryl/α,β-unsaturated/α-hetero) is 1. The summed E-state index contributed by atoms with van der Waals surface area (Å²) >= 11 is 0. The predicted molar refractivity (Wildman–Crippen MR) is 79.0 cm³/mol. The molecule has 1 aromatic rings. The van der Waals surface area contributed by atoms with Crippen molar-refractivity contribution in [2.24, 2.45) is 5.92 Å². The average Bonchev–Trinajstić information content (AvgIpc) is 3.07. The smallest absolute Gasteiger partial charge is 0.176 e. The van der Waals surface area contributed by atoms with E-state index in [1.165, 1.54) is 24.0 Å². The van der Waals surface area contributed by atoms with Crippen molar-refractivity contribution < 1.29 is 9.90 Å². The first-order valence-corrected chi connectivity index (χ1v) is 7.74. The highest BCUT2D eigenvalue weighted by atomic mass is 16.3. The van der Waals surface area contributed by atoms with Crippen molar-refractivity contribution in [2.45, 2.75) is 32.1 Å². The summed E-state index contributed by atoms with van der Waals surface area (Å²) in [4.78, 5) is 14.6. The Labute approximate surface area is 120 Å². The number of ketones is 1. The Balaban J connectivity index is 1.60. The van der Waals surface area contributed by atoms with E-state index in [0.717, 1.165) is 37.9 Å². The van der Waals surface area contributed by atoms with Crippen molar-refractivity contribution in [1.29, 1.82) is 0 Å². The first-order valence-electron chi connectivity index (χ1n) is 7.74. The van der Waals surface area contributed by atoms with Crippen molar-refractivity contribution in [3.8, 4) is 0 Å². The monoisotopic (exact) mass is 273 g/mol. The highest BCUT2D eigenvalue weighted by Crippen LogP contribution is 2.24. The normalized spacial score (nSPS) is 22.1. The van der Waals surface area contributed by atoms with E-state index in [1.54, 1.807) is 0 Å². The zero-order chi connectivity index (χ0) is 13.9. The third-order valence-electron chi connectivity index (χ3n) is 4.70. The lowest BCUT2D eigenvalue weighted by Crippen LogP contribution is -2.28. The standard InChI is InChI=1S/C17H23NO2/c19-9-7-13-6-8-18(11-13)12-17(20)16-5-4-14-2-1-3-15(14)10-16/h4-5,10,13,19H,1-3,6-9,11-12H2. The Morgan fingerprint density at radius 2 is 2.15 bits per heavy atom.